The summed E-state index contributed by atoms with van der Waals surface area (Å²) >= 11 is 0. The van der Waals surface area contributed by atoms with E-state index in [0.717, 1.165) is 25.8 Å². The van der Waals surface area contributed by atoms with Crippen LogP contribution in [-0.4, -0.2) is 18.0 Å². The van der Waals surface area contributed by atoms with Gasteiger partial charge in [-0.05, 0) is 25.2 Å². The van der Waals surface area contributed by atoms with E-state index in [1.54, 1.807) is 0 Å². The molecule has 0 saturated carbocycles. The second-order valence-electron chi connectivity index (χ2n) is 4.69. The summed E-state index contributed by atoms with van der Waals surface area (Å²) < 4.78 is 0. The van der Waals surface area contributed by atoms with Crippen LogP contribution in [0.1, 0.15) is 53.9 Å². The first-order valence-electron chi connectivity index (χ1n) is 6.32. The first-order valence-corrected chi connectivity index (χ1v) is 6.32. The quantitative estimate of drug-likeness (QED) is 0.282. The predicted molar refractivity (Wildman–Crippen MR) is 71.2 cm³/mol. The highest BCUT2D eigenvalue weighted by Crippen LogP contribution is 2.18. The maximum Gasteiger partial charge on any atom is 0.206 e. The molecule has 0 aliphatic rings. The Hall–Kier alpha value is -0.770. The van der Waals surface area contributed by atoms with Crippen LogP contribution in [0.15, 0.2) is 4.99 Å². The summed E-state index contributed by atoms with van der Waals surface area (Å²) in [6.07, 6.45) is 3.22. The van der Waals surface area contributed by atoms with Gasteiger partial charge in [0, 0.05) is 12.1 Å². The van der Waals surface area contributed by atoms with Gasteiger partial charge in [-0.2, -0.15) is 0 Å². The molecule has 0 aliphatic heterocycles. The molecule has 0 spiro atoms. The van der Waals surface area contributed by atoms with Crippen molar-refractivity contribution in [2.24, 2.45) is 16.8 Å². The van der Waals surface area contributed by atoms with Gasteiger partial charge in [0.25, 0.3) is 0 Å². The third-order valence-electron chi connectivity index (χ3n) is 3.17. The number of nitrogens with two attached hydrogens (primary N) is 1. The lowest BCUT2D eigenvalue weighted by Crippen LogP contribution is -2.53. The molecule has 0 amide bonds. The van der Waals surface area contributed by atoms with Crippen LogP contribution < -0.4 is 16.6 Å². The van der Waals surface area contributed by atoms with Crippen molar-refractivity contribution < 1.29 is 0 Å². The molecular formula is C12H28N4. The third kappa shape index (κ3) is 4.84. The van der Waals surface area contributed by atoms with Gasteiger partial charge in [-0.3, -0.25) is 10.4 Å². The van der Waals surface area contributed by atoms with E-state index in [0.29, 0.717) is 11.9 Å². The van der Waals surface area contributed by atoms with Crippen molar-refractivity contribution in [1.29, 1.82) is 0 Å². The highest BCUT2D eigenvalue weighted by molar-refractivity contribution is 5.80. The van der Waals surface area contributed by atoms with Gasteiger partial charge in [-0.1, -0.05) is 34.6 Å². The molecule has 0 radical (unpaired) electrons. The number of nitrogens with one attached hydrogen (secondary N) is 2. The van der Waals surface area contributed by atoms with Crippen LogP contribution in [0.2, 0.25) is 0 Å². The van der Waals surface area contributed by atoms with Gasteiger partial charge in [0.05, 0.1) is 0 Å². The van der Waals surface area contributed by atoms with Crippen molar-refractivity contribution in [1.82, 2.24) is 10.7 Å². The Balaban J connectivity index is 4.55. The zero-order chi connectivity index (χ0) is 12.6. The van der Waals surface area contributed by atoms with Crippen LogP contribution >= 0.6 is 0 Å². The van der Waals surface area contributed by atoms with E-state index in [9.17, 15) is 0 Å². The van der Waals surface area contributed by atoms with E-state index in [4.69, 9.17) is 5.84 Å². The zero-order valence-electron chi connectivity index (χ0n) is 11.4. The summed E-state index contributed by atoms with van der Waals surface area (Å²) in [4.78, 5) is 4.44. The lowest BCUT2D eigenvalue weighted by atomic mass is 9.90. The van der Waals surface area contributed by atoms with Gasteiger partial charge in [0.1, 0.15) is 0 Å². The molecular weight excluding hydrogens is 200 g/mol. The fourth-order valence-corrected chi connectivity index (χ4v) is 1.66. The largest absolute Gasteiger partial charge is 0.350 e. The molecule has 0 aromatic rings. The molecule has 0 saturated heterocycles. The van der Waals surface area contributed by atoms with E-state index in [-0.39, 0.29) is 5.54 Å². The summed E-state index contributed by atoms with van der Waals surface area (Å²) in [7, 11) is 0. The van der Waals surface area contributed by atoms with Gasteiger partial charge in [-0.15, -0.1) is 0 Å². The van der Waals surface area contributed by atoms with Gasteiger partial charge < -0.3 is 5.32 Å². The zero-order valence-corrected chi connectivity index (χ0v) is 11.4. The molecule has 4 nitrogen and oxygen atoms in total. The van der Waals surface area contributed by atoms with Crippen molar-refractivity contribution in [3.05, 3.63) is 0 Å². The number of guanidine groups is 1. The van der Waals surface area contributed by atoms with Crippen LogP contribution in [0.4, 0.5) is 0 Å². The van der Waals surface area contributed by atoms with E-state index in [1.165, 1.54) is 0 Å². The Morgan fingerprint density at radius 2 is 1.69 bits per heavy atom. The Labute approximate surface area is 100 Å². The number of rotatable bonds is 6. The Kier molecular flexibility index (Phi) is 7.13. The number of hydrogen-bond donors (Lipinski definition) is 3. The smallest absolute Gasteiger partial charge is 0.206 e. The van der Waals surface area contributed by atoms with Crippen LogP contribution in [0.5, 0.6) is 0 Å². The number of hydrazine groups is 1. The molecule has 4 heteroatoms. The van der Waals surface area contributed by atoms with Crippen LogP contribution in [0, 0.1) is 5.92 Å². The molecule has 0 aliphatic carbocycles. The monoisotopic (exact) mass is 228 g/mol. The normalized spacial score (nSPS) is 13.1. The van der Waals surface area contributed by atoms with Gasteiger partial charge in [0.15, 0.2) is 0 Å². The first-order chi connectivity index (χ1) is 7.53. The van der Waals surface area contributed by atoms with Crippen molar-refractivity contribution >= 4 is 5.96 Å². The number of aliphatic imine (C=N–C) groups is 1. The van der Waals surface area contributed by atoms with Crippen molar-refractivity contribution in [2.75, 3.05) is 6.54 Å². The van der Waals surface area contributed by atoms with Crippen molar-refractivity contribution in [3.63, 3.8) is 0 Å². The summed E-state index contributed by atoms with van der Waals surface area (Å²) in [6.45, 7) is 11.7. The summed E-state index contributed by atoms with van der Waals surface area (Å²) in [5.41, 5.74) is 2.77. The van der Waals surface area contributed by atoms with E-state index >= 15 is 0 Å². The molecule has 96 valence electrons. The van der Waals surface area contributed by atoms with E-state index < -0.39 is 0 Å². The maximum absolute atomic E-state index is 5.49. The highest BCUT2D eigenvalue weighted by atomic mass is 15.3. The second kappa shape index (κ2) is 7.49. The Morgan fingerprint density at radius 1 is 1.19 bits per heavy atom. The predicted octanol–water partition coefficient (Wildman–Crippen LogP) is 2.02. The lowest BCUT2D eigenvalue weighted by molar-refractivity contribution is 0.335. The molecule has 0 atom stereocenters. The SMILES string of the molecule is CCC(CC)(CC)NC(=NCC(C)C)NN. The molecule has 4 N–H and O–H groups in total. The third-order valence-corrected chi connectivity index (χ3v) is 3.17. The second-order valence-corrected chi connectivity index (χ2v) is 4.69. The average Bonchev–Trinajstić information content (AvgIpc) is 2.30. The van der Waals surface area contributed by atoms with Gasteiger partial charge >= 0.3 is 0 Å². The molecule has 0 aromatic heterocycles. The van der Waals surface area contributed by atoms with Crippen molar-refractivity contribution in [3.8, 4) is 0 Å². The molecule has 0 aromatic carbocycles. The van der Waals surface area contributed by atoms with Gasteiger partial charge in [0.2, 0.25) is 5.96 Å². The fraction of sp³-hybridized carbons (Fsp3) is 0.917. The van der Waals surface area contributed by atoms with Crippen molar-refractivity contribution in [2.45, 2.75) is 59.4 Å². The molecule has 0 bridgehead atoms. The number of hydrogen-bond acceptors (Lipinski definition) is 2. The first kappa shape index (κ1) is 15.2. The minimum atomic E-state index is 0.113. The maximum atomic E-state index is 5.49. The number of nitrogens with zero attached hydrogens (tertiary/aromatic N) is 1. The summed E-state index contributed by atoms with van der Waals surface area (Å²) in [5, 5.41) is 3.44. The van der Waals surface area contributed by atoms with Crippen LogP contribution in [-0.2, 0) is 0 Å². The highest BCUT2D eigenvalue weighted by Gasteiger charge is 2.24. The molecule has 0 unspecified atom stereocenters. The van der Waals surface area contributed by atoms with E-state index in [2.05, 4.69) is 50.4 Å². The average molecular weight is 228 g/mol. The van der Waals surface area contributed by atoms with E-state index in [1.807, 2.05) is 0 Å². The minimum Gasteiger partial charge on any atom is -0.350 e. The molecule has 0 heterocycles. The standard InChI is InChI=1S/C12H28N4/c1-6-12(7-2,8-3)15-11(16-13)14-9-10(4)5/h10H,6-9,13H2,1-5H3,(H2,14,15,16). The molecule has 16 heavy (non-hydrogen) atoms. The fourth-order valence-electron chi connectivity index (χ4n) is 1.66. The molecule has 0 rings (SSSR count). The summed E-state index contributed by atoms with van der Waals surface area (Å²) in [5.74, 6) is 6.74. The van der Waals surface area contributed by atoms with Gasteiger partial charge in [-0.25, -0.2) is 5.84 Å². The Bertz CT molecular complexity index is 199. The lowest BCUT2D eigenvalue weighted by Gasteiger charge is -2.33. The topological polar surface area (TPSA) is 62.4 Å². The summed E-state index contributed by atoms with van der Waals surface area (Å²) in [6, 6.07) is 0. The van der Waals surface area contributed by atoms with Crippen LogP contribution in [0.25, 0.3) is 0 Å². The molecule has 0 fully saturated rings. The van der Waals surface area contributed by atoms with Crippen LogP contribution in [0.3, 0.4) is 0 Å². The Morgan fingerprint density at radius 3 is 2.00 bits per heavy atom. The minimum absolute atomic E-state index is 0.113.